The standard InChI is InChI=1S/C14H26N2O4/c1-5-7-8-10(11(17)12(15)18)16-13(19)20-9-14(3,4)6-2/h10H,5-9H2,1-4H3,(H2,15,18)(H,16,19)/t10-/m0/s1. The molecule has 0 fully saturated rings. The van der Waals surface area contributed by atoms with Gasteiger partial charge in [0.15, 0.2) is 0 Å². The smallest absolute Gasteiger partial charge is 0.407 e. The molecule has 1 atom stereocenters. The van der Waals surface area contributed by atoms with Gasteiger partial charge in [-0.05, 0) is 18.3 Å². The van der Waals surface area contributed by atoms with Crippen LogP contribution in [0.1, 0.15) is 53.4 Å². The molecule has 20 heavy (non-hydrogen) atoms. The van der Waals surface area contributed by atoms with Crippen LogP contribution in [-0.4, -0.2) is 30.4 Å². The number of rotatable bonds is 9. The van der Waals surface area contributed by atoms with Gasteiger partial charge in [0.1, 0.15) is 6.04 Å². The van der Waals surface area contributed by atoms with E-state index >= 15 is 0 Å². The fourth-order valence-corrected chi connectivity index (χ4v) is 1.40. The van der Waals surface area contributed by atoms with E-state index < -0.39 is 23.8 Å². The van der Waals surface area contributed by atoms with Crippen molar-refractivity contribution >= 4 is 17.8 Å². The molecule has 0 aliphatic carbocycles. The first kappa shape index (κ1) is 18.4. The lowest BCUT2D eigenvalue weighted by atomic mass is 9.92. The molecule has 0 bridgehead atoms. The van der Waals surface area contributed by atoms with Crippen molar-refractivity contribution in [1.29, 1.82) is 0 Å². The second-order valence-corrected chi connectivity index (χ2v) is 5.66. The average Bonchev–Trinajstić information content (AvgIpc) is 2.40. The van der Waals surface area contributed by atoms with E-state index in [0.29, 0.717) is 12.8 Å². The lowest BCUT2D eigenvalue weighted by molar-refractivity contribution is -0.137. The third-order valence-corrected chi connectivity index (χ3v) is 3.25. The van der Waals surface area contributed by atoms with Crippen LogP contribution in [0.25, 0.3) is 0 Å². The lowest BCUT2D eigenvalue weighted by Crippen LogP contribution is -2.46. The van der Waals surface area contributed by atoms with Gasteiger partial charge in [-0.2, -0.15) is 0 Å². The van der Waals surface area contributed by atoms with Gasteiger partial charge in [0, 0.05) is 0 Å². The first-order valence-electron chi connectivity index (χ1n) is 7.00. The Kier molecular flexibility index (Phi) is 7.87. The highest BCUT2D eigenvalue weighted by Gasteiger charge is 2.26. The molecule has 6 heteroatoms. The molecule has 3 N–H and O–H groups in total. The average molecular weight is 286 g/mol. The normalized spacial score (nSPS) is 12.6. The van der Waals surface area contributed by atoms with Crippen LogP contribution in [0.2, 0.25) is 0 Å². The van der Waals surface area contributed by atoms with Crippen LogP contribution in [0.15, 0.2) is 0 Å². The first-order chi connectivity index (χ1) is 9.23. The number of hydrogen-bond donors (Lipinski definition) is 2. The van der Waals surface area contributed by atoms with Crippen LogP contribution in [0.5, 0.6) is 0 Å². The van der Waals surface area contributed by atoms with Crippen molar-refractivity contribution in [3.8, 4) is 0 Å². The largest absolute Gasteiger partial charge is 0.449 e. The molecule has 0 aromatic heterocycles. The lowest BCUT2D eigenvalue weighted by Gasteiger charge is -2.23. The van der Waals surface area contributed by atoms with E-state index in [2.05, 4.69) is 5.32 Å². The Balaban J connectivity index is 4.46. The van der Waals surface area contributed by atoms with Crippen LogP contribution in [0.3, 0.4) is 0 Å². The van der Waals surface area contributed by atoms with Crippen LogP contribution in [0, 0.1) is 5.41 Å². The number of unbranched alkanes of at least 4 members (excludes halogenated alkanes) is 1. The third kappa shape index (κ3) is 7.11. The minimum atomic E-state index is -1.04. The van der Waals surface area contributed by atoms with Crippen molar-refractivity contribution < 1.29 is 19.1 Å². The summed E-state index contributed by atoms with van der Waals surface area (Å²) >= 11 is 0. The summed E-state index contributed by atoms with van der Waals surface area (Å²) in [6.07, 6.45) is 2.11. The Morgan fingerprint density at radius 2 is 1.85 bits per heavy atom. The van der Waals surface area contributed by atoms with E-state index in [9.17, 15) is 14.4 Å². The zero-order chi connectivity index (χ0) is 15.8. The zero-order valence-corrected chi connectivity index (χ0v) is 12.8. The second kappa shape index (κ2) is 8.55. The van der Waals surface area contributed by atoms with Crippen molar-refractivity contribution in [2.45, 2.75) is 59.4 Å². The van der Waals surface area contributed by atoms with E-state index in [4.69, 9.17) is 10.5 Å². The minimum absolute atomic E-state index is 0.121. The molecule has 2 amide bonds. The van der Waals surface area contributed by atoms with Gasteiger partial charge < -0.3 is 15.8 Å². The topological polar surface area (TPSA) is 98.5 Å². The first-order valence-corrected chi connectivity index (χ1v) is 7.00. The molecule has 0 aliphatic heterocycles. The summed E-state index contributed by atoms with van der Waals surface area (Å²) in [5.41, 5.74) is 4.85. The Hall–Kier alpha value is -1.59. The molecule has 0 saturated heterocycles. The molecule has 0 aromatic rings. The van der Waals surface area contributed by atoms with Gasteiger partial charge in [0.05, 0.1) is 6.61 Å². The SMILES string of the molecule is CCCC[C@H](NC(=O)OCC(C)(C)CC)C(=O)C(N)=O. The van der Waals surface area contributed by atoms with Crippen molar-refractivity contribution in [1.82, 2.24) is 5.32 Å². The monoisotopic (exact) mass is 286 g/mol. The van der Waals surface area contributed by atoms with E-state index in [1.54, 1.807) is 0 Å². The maximum atomic E-state index is 11.7. The molecular formula is C14H26N2O4. The van der Waals surface area contributed by atoms with E-state index in [1.807, 2.05) is 27.7 Å². The summed E-state index contributed by atoms with van der Waals surface area (Å²) in [5.74, 6) is -1.83. The number of carbonyl (C=O) groups is 3. The summed E-state index contributed by atoms with van der Waals surface area (Å²) < 4.78 is 5.08. The molecule has 0 rings (SSSR count). The second-order valence-electron chi connectivity index (χ2n) is 5.66. The van der Waals surface area contributed by atoms with Crippen LogP contribution in [0.4, 0.5) is 4.79 Å². The maximum absolute atomic E-state index is 11.7. The van der Waals surface area contributed by atoms with Gasteiger partial charge in [0.2, 0.25) is 5.78 Å². The van der Waals surface area contributed by atoms with Gasteiger partial charge in [0.25, 0.3) is 5.91 Å². The number of nitrogens with two attached hydrogens (primary N) is 1. The van der Waals surface area contributed by atoms with Crippen molar-refractivity contribution in [2.24, 2.45) is 11.1 Å². The Bertz CT molecular complexity index is 353. The fourth-order valence-electron chi connectivity index (χ4n) is 1.40. The van der Waals surface area contributed by atoms with E-state index in [0.717, 1.165) is 12.8 Å². The van der Waals surface area contributed by atoms with Gasteiger partial charge in [-0.1, -0.05) is 40.5 Å². The molecule has 0 heterocycles. The summed E-state index contributed by atoms with van der Waals surface area (Å²) in [6.45, 7) is 8.16. The molecule has 0 aromatic carbocycles. The number of alkyl carbamates (subject to hydrolysis) is 1. The Labute approximate surface area is 120 Å². The Morgan fingerprint density at radius 1 is 1.25 bits per heavy atom. The summed E-state index contributed by atoms with van der Waals surface area (Å²) in [5, 5.41) is 2.42. The summed E-state index contributed by atoms with van der Waals surface area (Å²) in [7, 11) is 0. The molecule has 0 radical (unpaired) electrons. The predicted octanol–water partition coefficient (Wildman–Crippen LogP) is 1.76. The predicted molar refractivity (Wildman–Crippen MR) is 76.1 cm³/mol. The molecular weight excluding hydrogens is 260 g/mol. The van der Waals surface area contributed by atoms with Crippen LogP contribution in [-0.2, 0) is 14.3 Å². The third-order valence-electron chi connectivity index (χ3n) is 3.25. The highest BCUT2D eigenvalue weighted by Crippen LogP contribution is 2.19. The molecule has 0 spiro atoms. The zero-order valence-electron chi connectivity index (χ0n) is 12.8. The molecule has 6 nitrogen and oxygen atoms in total. The number of hydrogen-bond acceptors (Lipinski definition) is 4. The molecule has 116 valence electrons. The number of ketones is 1. The summed E-state index contributed by atoms with van der Waals surface area (Å²) in [4.78, 5) is 34.2. The van der Waals surface area contributed by atoms with Gasteiger partial charge in [-0.3, -0.25) is 9.59 Å². The van der Waals surface area contributed by atoms with Gasteiger partial charge in [-0.15, -0.1) is 0 Å². The van der Waals surface area contributed by atoms with Crippen molar-refractivity contribution in [3.05, 3.63) is 0 Å². The number of ether oxygens (including phenoxy) is 1. The van der Waals surface area contributed by atoms with Crippen molar-refractivity contribution in [2.75, 3.05) is 6.61 Å². The molecule has 0 aliphatic rings. The number of amides is 2. The fraction of sp³-hybridized carbons (Fsp3) is 0.786. The van der Waals surface area contributed by atoms with Crippen LogP contribution >= 0.6 is 0 Å². The highest BCUT2D eigenvalue weighted by molar-refractivity contribution is 6.37. The van der Waals surface area contributed by atoms with E-state index in [1.165, 1.54) is 0 Å². The van der Waals surface area contributed by atoms with Crippen molar-refractivity contribution in [3.63, 3.8) is 0 Å². The molecule has 0 unspecified atom stereocenters. The van der Waals surface area contributed by atoms with Gasteiger partial charge in [-0.25, -0.2) is 4.79 Å². The van der Waals surface area contributed by atoms with Crippen LogP contribution < -0.4 is 11.1 Å². The highest BCUT2D eigenvalue weighted by atomic mass is 16.5. The quantitative estimate of drug-likeness (QED) is 0.631. The number of carbonyl (C=O) groups excluding carboxylic acids is 3. The minimum Gasteiger partial charge on any atom is -0.449 e. The summed E-state index contributed by atoms with van der Waals surface area (Å²) in [6, 6.07) is -0.898. The van der Waals surface area contributed by atoms with Gasteiger partial charge >= 0.3 is 6.09 Å². The Morgan fingerprint density at radius 3 is 2.30 bits per heavy atom. The number of primary amides is 1. The number of nitrogens with one attached hydrogen (secondary N) is 1. The maximum Gasteiger partial charge on any atom is 0.407 e. The molecule has 0 saturated carbocycles. The van der Waals surface area contributed by atoms with E-state index in [-0.39, 0.29) is 12.0 Å². The number of Topliss-reactive ketones (excluding diaryl/α,β-unsaturated/α-hetero) is 1.